The third-order valence-electron chi connectivity index (χ3n) is 4.81. The van der Waals surface area contributed by atoms with Gasteiger partial charge in [0.2, 0.25) is 5.91 Å². The van der Waals surface area contributed by atoms with Gasteiger partial charge >= 0.3 is 0 Å². The highest BCUT2D eigenvalue weighted by molar-refractivity contribution is 5.86. The Bertz CT molecular complexity index is 899. The highest BCUT2D eigenvalue weighted by Gasteiger charge is 2.23. The summed E-state index contributed by atoms with van der Waals surface area (Å²) in [6.07, 6.45) is 1.29. The summed E-state index contributed by atoms with van der Waals surface area (Å²) >= 11 is 0. The van der Waals surface area contributed by atoms with Gasteiger partial charge in [0.25, 0.3) is 0 Å². The first-order chi connectivity index (χ1) is 12.2. The molecule has 3 aromatic rings. The third kappa shape index (κ3) is 3.25. The number of H-pyrrole nitrogens is 1. The Kier molecular flexibility index (Phi) is 4.18. The zero-order valence-electron chi connectivity index (χ0n) is 14.4. The number of benzene rings is 2. The van der Waals surface area contributed by atoms with E-state index in [9.17, 15) is 4.79 Å². The average Bonchev–Trinajstić information content (AvgIpc) is 2.99. The smallest absolute Gasteiger partial charge is 0.226 e. The molecule has 0 radical (unpaired) electrons. The van der Waals surface area contributed by atoms with E-state index in [1.165, 1.54) is 22.2 Å². The van der Waals surface area contributed by atoms with Crippen LogP contribution < -0.4 is 4.74 Å². The number of aromatic amines is 1. The van der Waals surface area contributed by atoms with Gasteiger partial charge < -0.3 is 14.6 Å². The van der Waals surface area contributed by atoms with Crippen molar-refractivity contribution in [1.29, 1.82) is 0 Å². The van der Waals surface area contributed by atoms with Crippen molar-refractivity contribution in [1.82, 2.24) is 9.88 Å². The Hall–Kier alpha value is -2.75. The largest absolute Gasteiger partial charge is 0.493 e. The van der Waals surface area contributed by atoms with Crippen LogP contribution in [0.1, 0.15) is 23.2 Å². The van der Waals surface area contributed by atoms with Gasteiger partial charge in [-0.1, -0.05) is 29.8 Å². The second-order valence-corrected chi connectivity index (χ2v) is 6.61. The molecule has 0 unspecified atom stereocenters. The number of hydrogen-bond donors (Lipinski definition) is 1. The number of carbonyl (C=O) groups is 1. The number of amides is 1. The van der Waals surface area contributed by atoms with Crippen molar-refractivity contribution in [2.24, 2.45) is 0 Å². The number of hydrogen-bond acceptors (Lipinski definition) is 2. The Labute approximate surface area is 147 Å². The van der Waals surface area contributed by atoms with Gasteiger partial charge in [0.15, 0.2) is 0 Å². The molecule has 1 N–H and O–H groups in total. The Morgan fingerprint density at radius 3 is 2.88 bits per heavy atom. The van der Waals surface area contributed by atoms with Crippen LogP contribution in [0, 0.1) is 6.92 Å². The Morgan fingerprint density at radius 2 is 2.04 bits per heavy atom. The molecular weight excluding hydrogens is 312 g/mol. The summed E-state index contributed by atoms with van der Waals surface area (Å²) < 4.78 is 5.65. The summed E-state index contributed by atoms with van der Waals surface area (Å²) in [5, 5.41) is 1.24. The maximum absolute atomic E-state index is 12.6. The maximum Gasteiger partial charge on any atom is 0.226 e. The monoisotopic (exact) mass is 334 g/mol. The van der Waals surface area contributed by atoms with Gasteiger partial charge in [0, 0.05) is 41.7 Å². The van der Waals surface area contributed by atoms with Crippen molar-refractivity contribution in [3.63, 3.8) is 0 Å². The van der Waals surface area contributed by atoms with E-state index < -0.39 is 0 Å². The van der Waals surface area contributed by atoms with Crippen molar-refractivity contribution in [2.75, 3.05) is 13.2 Å². The molecule has 2 aromatic carbocycles. The molecule has 4 nitrogen and oxygen atoms in total. The summed E-state index contributed by atoms with van der Waals surface area (Å²) in [5.74, 6) is 0.965. The topological polar surface area (TPSA) is 45.3 Å². The molecule has 0 saturated carbocycles. The van der Waals surface area contributed by atoms with E-state index in [-0.39, 0.29) is 5.91 Å². The number of fused-ring (bicyclic) bond motifs is 3. The number of nitrogens with one attached hydrogen (secondary N) is 1. The fourth-order valence-electron chi connectivity index (χ4n) is 3.47. The highest BCUT2D eigenvalue weighted by Crippen LogP contribution is 2.28. The summed E-state index contributed by atoms with van der Waals surface area (Å²) in [6, 6.07) is 16.1. The third-order valence-corrected chi connectivity index (χ3v) is 4.81. The number of aromatic nitrogens is 1. The minimum absolute atomic E-state index is 0.156. The normalized spacial score (nSPS) is 13.7. The summed E-state index contributed by atoms with van der Waals surface area (Å²) in [6.45, 7) is 3.97. The number of ether oxygens (including phenoxy) is 1. The van der Waals surface area contributed by atoms with Gasteiger partial charge in [-0.25, -0.2) is 0 Å². The number of carbonyl (C=O) groups excluding carboxylic acids is 1. The average molecular weight is 334 g/mol. The van der Waals surface area contributed by atoms with Crippen LogP contribution in [0.25, 0.3) is 10.9 Å². The van der Waals surface area contributed by atoms with Gasteiger partial charge in [-0.3, -0.25) is 4.79 Å². The number of rotatable bonds is 4. The lowest BCUT2D eigenvalue weighted by Gasteiger charge is -2.27. The molecule has 25 heavy (non-hydrogen) atoms. The van der Waals surface area contributed by atoms with Crippen LogP contribution >= 0.6 is 0 Å². The Morgan fingerprint density at radius 1 is 1.20 bits per heavy atom. The predicted octanol–water partition coefficient (Wildman–Crippen LogP) is 3.83. The lowest BCUT2D eigenvalue weighted by molar-refractivity contribution is -0.132. The van der Waals surface area contributed by atoms with Crippen LogP contribution in [0.15, 0.2) is 48.5 Å². The molecule has 1 aromatic heterocycles. The van der Waals surface area contributed by atoms with E-state index in [1.54, 1.807) is 0 Å². The van der Waals surface area contributed by atoms with E-state index in [4.69, 9.17) is 4.74 Å². The molecule has 4 rings (SSSR count). The van der Waals surface area contributed by atoms with Crippen LogP contribution in [-0.4, -0.2) is 28.9 Å². The summed E-state index contributed by atoms with van der Waals surface area (Å²) in [5.41, 5.74) is 4.94. The molecule has 1 aliphatic rings. The van der Waals surface area contributed by atoms with Gasteiger partial charge in [0.1, 0.15) is 5.75 Å². The lowest BCUT2D eigenvalue weighted by atomic mass is 10.0. The fraction of sp³-hybridized carbons (Fsp3) is 0.286. The van der Waals surface area contributed by atoms with E-state index in [2.05, 4.69) is 30.1 Å². The van der Waals surface area contributed by atoms with Crippen molar-refractivity contribution in [3.8, 4) is 5.75 Å². The molecule has 128 valence electrons. The second-order valence-electron chi connectivity index (χ2n) is 6.61. The van der Waals surface area contributed by atoms with E-state index >= 15 is 0 Å². The first-order valence-electron chi connectivity index (χ1n) is 8.76. The van der Waals surface area contributed by atoms with Crippen LogP contribution in [0.2, 0.25) is 0 Å². The van der Waals surface area contributed by atoms with Crippen LogP contribution in [0.3, 0.4) is 0 Å². The predicted molar refractivity (Wildman–Crippen MR) is 98.7 cm³/mol. The quantitative estimate of drug-likeness (QED) is 0.788. The van der Waals surface area contributed by atoms with E-state index in [0.29, 0.717) is 19.6 Å². The molecule has 0 fully saturated rings. The van der Waals surface area contributed by atoms with Crippen molar-refractivity contribution < 1.29 is 9.53 Å². The maximum atomic E-state index is 12.6. The number of aryl methyl sites for hydroxylation is 1. The highest BCUT2D eigenvalue weighted by atomic mass is 16.5. The van der Waals surface area contributed by atoms with E-state index in [1.807, 2.05) is 35.2 Å². The molecule has 0 atom stereocenters. The van der Waals surface area contributed by atoms with Crippen molar-refractivity contribution in [2.45, 2.75) is 26.3 Å². The van der Waals surface area contributed by atoms with Crippen LogP contribution in [0.5, 0.6) is 5.75 Å². The minimum Gasteiger partial charge on any atom is -0.493 e. The summed E-state index contributed by atoms with van der Waals surface area (Å²) in [7, 11) is 0. The number of nitrogens with zero attached hydrogens (tertiary/aromatic N) is 1. The standard InChI is InChI=1S/C21H22N2O2/c1-15-7-8-19-17(13-15)18-14-23(11-9-20(18)22-19)21(24)10-12-25-16-5-3-2-4-6-16/h2-8,13,22H,9-12,14H2,1H3. The SMILES string of the molecule is Cc1ccc2[nH]c3c(c2c1)CN(C(=O)CCOc1ccccc1)CC3. The van der Waals surface area contributed by atoms with Gasteiger partial charge in [-0.15, -0.1) is 0 Å². The number of para-hydroxylation sites is 1. The zero-order valence-corrected chi connectivity index (χ0v) is 14.4. The Balaban J connectivity index is 1.42. The lowest BCUT2D eigenvalue weighted by Crippen LogP contribution is -2.36. The van der Waals surface area contributed by atoms with Gasteiger partial charge in [-0.2, -0.15) is 0 Å². The van der Waals surface area contributed by atoms with Crippen LogP contribution in [-0.2, 0) is 17.8 Å². The second kappa shape index (κ2) is 6.63. The molecule has 0 aliphatic carbocycles. The molecule has 0 spiro atoms. The zero-order chi connectivity index (χ0) is 17.2. The molecule has 1 amide bonds. The summed E-state index contributed by atoms with van der Waals surface area (Å²) in [4.78, 5) is 18.0. The van der Waals surface area contributed by atoms with Crippen molar-refractivity contribution >= 4 is 16.8 Å². The first-order valence-corrected chi connectivity index (χ1v) is 8.76. The minimum atomic E-state index is 0.156. The molecule has 0 saturated heterocycles. The van der Waals surface area contributed by atoms with E-state index in [0.717, 1.165) is 24.2 Å². The molecule has 2 heterocycles. The van der Waals surface area contributed by atoms with Gasteiger partial charge in [0.05, 0.1) is 13.0 Å². The first kappa shape index (κ1) is 15.8. The fourth-order valence-corrected chi connectivity index (χ4v) is 3.47. The molecular formula is C21H22N2O2. The van der Waals surface area contributed by atoms with Gasteiger partial charge in [-0.05, 0) is 31.2 Å². The molecule has 0 bridgehead atoms. The van der Waals surface area contributed by atoms with Crippen molar-refractivity contribution in [3.05, 3.63) is 65.4 Å². The molecule has 1 aliphatic heterocycles. The van der Waals surface area contributed by atoms with Crippen LogP contribution in [0.4, 0.5) is 0 Å². The molecule has 4 heteroatoms.